The lowest BCUT2D eigenvalue weighted by Gasteiger charge is -2.42. The summed E-state index contributed by atoms with van der Waals surface area (Å²) in [7, 11) is 1.62. The molecule has 0 spiro atoms. The Morgan fingerprint density at radius 3 is 2.65 bits per heavy atom. The van der Waals surface area contributed by atoms with Gasteiger partial charge in [0.05, 0.1) is 61.2 Å². The highest BCUT2D eigenvalue weighted by Crippen LogP contribution is 2.41. The number of aromatic nitrogens is 2. The second-order valence-electron chi connectivity index (χ2n) is 13.3. The molecule has 2 aromatic carbocycles. The van der Waals surface area contributed by atoms with E-state index in [9.17, 15) is 9.59 Å². The first kappa shape index (κ1) is 36.1. The molecule has 3 aliphatic rings. The van der Waals surface area contributed by atoms with Gasteiger partial charge in [-0.15, -0.1) is 0 Å². The lowest BCUT2D eigenvalue weighted by molar-refractivity contribution is -0.111. The smallest absolute Gasteiger partial charge is 0.338 e. The number of esters is 1. The molecule has 4 heterocycles. The number of anilines is 5. The van der Waals surface area contributed by atoms with Gasteiger partial charge in [0.2, 0.25) is 5.91 Å². The van der Waals surface area contributed by atoms with Gasteiger partial charge in [0.25, 0.3) is 0 Å². The number of morpholine rings is 1. The van der Waals surface area contributed by atoms with Crippen LogP contribution >= 0.6 is 0 Å². The number of hydrogen-bond acceptors (Lipinski definition) is 12. The molecule has 2 N–H and O–H groups in total. The van der Waals surface area contributed by atoms with E-state index in [1.165, 1.54) is 12.4 Å². The van der Waals surface area contributed by atoms with Crippen LogP contribution < -0.4 is 25.3 Å². The van der Waals surface area contributed by atoms with Crippen molar-refractivity contribution in [2.75, 3.05) is 67.1 Å². The Morgan fingerprint density at radius 2 is 1.90 bits per heavy atom. The number of nitrogens with one attached hydrogen (secondary N) is 2. The molecule has 13 nitrogen and oxygen atoms in total. The van der Waals surface area contributed by atoms with Gasteiger partial charge >= 0.3 is 5.97 Å². The first-order valence-corrected chi connectivity index (χ1v) is 17.8. The van der Waals surface area contributed by atoms with E-state index in [2.05, 4.69) is 43.9 Å². The maximum atomic E-state index is 12.8. The normalized spacial score (nSPS) is 20.5. The molecule has 0 aliphatic carbocycles. The van der Waals surface area contributed by atoms with Crippen molar-refractivity contribution < 1.29 is 28.6 Å². The monoisotopic (exact) mass is 699 g/mol. The van der Waals surface area contributed by atoms with Crippen molar-refractivity contribution >= 4 is 40.6 Å². The molecular weight excluding hydrogens is 650 g/mol. The van der Waals surface area contributed by atoms with E-state index < -0.39 is 0 Å². The first-order chi connectivity index (χ1) is 24.8. The van der Waals surface area contributed by atoms with Crippen molar-refractivity contribution in [2.24, 2.45) is 0 Å². The van der Waals surface area contributed by atoms with Crippen molar-refractivity contribution in [3.05, 3.63) is 72.6 Å². The Bertz CT molecular complexity index is 1700. The predicted molar refractivity (Wildman–Crippen MR) is 197 cm³/mol. The molecular formula is C38H49N7O6. The number of piperidine rings is 1. The lowest BCUT2D eigenvalue weighted by atomic mass is 10.0. The Labute approximate surface area is 299 Å². The molecule has 13 heteroatoms. The third-order valence-electron chi connectivity index (χ3n) is 9.79. The first-order valence-electron chi connectivity index (χ1n) is 17.8. The molecule has 3 aromatic rings. The highest BCUT2D eigenvalue weighted by Gasteiger charge is 2.31. The molecule has 1 aromatic heterocycles. The van der Waals surface area contributed by atoms with Crippen LogP contribution in [0.5, 0.6) is 5.75 Å². The summed E-state index contributed by atoms with van der Waals surface area (Å²) in [5, 5.41) is 8.13. The van der Waals surface area contributed by atoms with Crippen molar-refractivity contribution in [1.82, 2.24) is 14.9 Å². The zero-order valence-corrected chi connectivity index (χ0v) is 30.0. The van der Waals surface area contributed by atoms with Crippen LogP contribution in [0.3, 0.4) is 0 Å². The molecule has 0 saturated carbocycles. The van der Waals surface area contributed by atoms with Gasteiger partial charge in [-0.2, -0.15) is 0 Å². The molecule has 1 amide bonds. The molecule has 1 unspecified atom stereocenters. The van der Waals surface area contributed by atoms with Crippen molar-refractivity contribution in [1.29, 1.82) is 0 Å². The van der Waals surface area contributed by atoms with Crippen molar-refractivity contribution in [3.63, 3.8) is 0 Å². The standard InChI is InChI=1S/C38H49N7O6/c1-6-25(3)51-38(47)28-10-8-9-27(19-28)32-13-17-50-45(32)36-22-35(39-24-40-36)41-31-20-30(42-37(46)7-2)33(21-34(31)48-5)43-14-11-29(12-15-43)44-16-18-49-26(4)23-44/h7-10,19-22,24-26,29,32H,2,6,11-18,23H2,1,3-5H3,(H,42,46)(H,39,40,41)/t25?,26-,32+/m0/s1. The van der Waals surface area contributed by atoms with Crippen LogP contribution in [0.25, 0.3) is 0 Å². The Kier molecular flexibility index (Phi) is 11.7. The van der Waals surface area contributed by atoms with Crippen LogP contribution in [0.4, 0.5) is 28.7 Å². The summed E-state index contributed by atoms with van der Waals surface area (Å²) in [4.78, 5) is 45.3. The maximum absolute atomic E-state index is 12.8. The summed E-state index contributed by atoms with van der Waals surface area (Å²) in [5.41, 5.74) is 3.56. The largest absolute Gasteiger partial charge is 0.494 e. The van der Waals surface area contributed by atoms with Crippen LogP contribution in [-0.2, 0) is 19.1 Å². The number of nitrogens with zero attached hydrogens (tertiary/aromatic N) is 5. The SMILES string of the molecule is C=CC(=O)Nc1cc(Nc2cc(N3OCC[C@@H]3c3cccc(C(=O)OC(C)CC)c3)ncn2)c(OC)cc1N1CCC(N2CCO[C@@H](C)C2)CC1. The van der Waals surface area contributed by atoms with Crippen LogP contribution in [0.1, 0.15) is 68.4 Å². The topological polar surface area (TPSA) is 131 Å². The third kappa shape index (κ3) is 8.61. The average Bonchev–Trinajstić information content (AvgIpc) is 3.65. The van der Waals surface area contributed by atoms with Crippen LogP contribution in [0.15, 0.2) is 61.4 Å². The minimum atomic E-state index is -0.346. The van der Waals surface area contributed by atoms with Gasteiger partial charge in [-0.3, -0.25) is 14.5 Å². The molecule has 272 valence electrons. The predicted octanol–water partition coefficient (Wildman–Crippen LogP) is 5.88. The summed E-state index contributed by atoms with van der Waals surface area (Å²) in [6, 6.07) is 13.4. The molecule has 0 bridgehead atoms. The second kappa shape index (κ2) is 16.5. The van der Waals surface area contributed by atoms with Gasteiger partial charge in [-0.1, -0.05) is 25.6 Å². The Morgan fingerprint density at radius 1 is 1.08 bits per heavy atom. The average molecular weight is 700 g/mol. The summed E-state index contributed by atoms with van der Waals surface area (Å²) >= 11 is 0. The molecule has 51 heavy (non-hydrogen) atoms. The molecule has 3 saturated heterocycles. The van der Waals surface area contributed by atoms with E-state index in [0.29, 0.717) is 53.4 Å². The van der Waals surface area contributed by atoms with E-state index in [1.807, 2.05) is 44.2 Å². The van der Waals surface area contributed by atoms with Crippen LogP contribution in [0.2, 0.25) is 0 Å². The quantitative estimate of drug-likeness (QED) is 0.173. The van der Waals surface area contributed by atoms with Crippen molar-refractivity contribution in [2.45, 2.75) is 70.7 Å². The van der Waals surface area contributed by atoms with Gasteiger partial charge in [0, 0.05) is 50.8 Å². The minimum Gasteiger partial charge on any atom is -0.494 e. The highest BCUT2D eigenvalue weighted by atomic mass is 16.7. The van der Waals surface area contributed by atoms with E-state index in [1.54, 1.807) is 24.3 Å². The fraction of sp³-hybridized carbons (Fsp3) is 0.474. The molecule has 3 atom stereocenters. The Hall–Kier alpha value is -4.72. The van der Waals surface area contributed by atoms with Gasteiger partial charge in [0.1, 0.15) is 17.9 Å². The van der Waals surface area contributed by atoms with Gasteiger partial charge in [-0.25, -0.2) is 19.8 Å². The van der Waals surface area contributed by atoms with Gasteiger partial charge in [-0.05, 0) is 62.9 Å². The highest BCUT2D eigenvalue weighted by molar-refractivity contribution is 6.02. The zero-order valence-electron chi connectivity index (χ0n) is 30.0. The second-order valence-corrected chi connectivity index (χ2v) is 13.3. The number of carbonyl (C=O) groups excluding carboxylic acids is 2. The minimum absolute atomic E-state index is 0.161. The zero-order chi connectivity index (χ0) is 35.9. The van der Waals surface area contributed by atoms with E-state index >= 15 is 0 Å². The van der Waals surface area contributed by atoms with Crippen LogP contribution in [0, 0.1) is 0 Å². The van der Waals surface area contributed by atoms with Crippen molar-refractivity contribution in [3.8, 4) is 5.75 Å². The van der Waals surface area contributed by atoms with E-state index in [4.69, 9.17) is 19.0 Å². The summed E-state index contributed by atoms with van der Waals surface area (Å²) < 4.78 is 17.2. The molecule has 3 fully saturated rings. The number of hydrogen-bond donors (Lipinski definition) is 2. The fourth-order valence-corrected chi connectivity index (χ4v) is 6.91. The summed E-state index contributed by atoms with van der Waals surface area (Å²) in [5.74, 6) is 1.01. The number of hydroxylamine groups is 1. The number of ether oxygens (including phenoxy) is 3. The summed E-state index contributed by atoms with van der Waals surface area (Å²) in [6.45, 7) is 14.5. The number of rotatable bonds is 12. The lowest BCUT2D eigenvalue weighted by Crippen LogP contribution is -2.51. The number of carbonyl (C=O) groups is 2. The number of benzene rings is 2. The Balaban J connectivity index is 1.21. The van der Waals surface area contributed by atoms with Gasteiger partial charge < -0.3 is 29.7 Å². The number of amides is 1. The van der Waals surface area contributed by atoms with E-state index in [0.717, 1.165) is 63.3 Å². The maximum Gasteiger partial charge on any atom is 0.338 e. The fourth-order valence-electron chi connectivity index (χ4n) is 6.91. The van der Waals surface area contributed by atoms with Crippen LogP contribution in [-0.4, -0.2) is 91.5 Å². The molecule has 3 aliphatic heterocycles. The van der Waals surface area contributed by atoms with Gasteiger partial charge in [0.15, 0.2) is 5.82 Å². The molecule has 6 rings (SSSR count). The number of methoxy groups -OCH3 is 1. The third-order valence-corrected chi connectivity index (χ3v) is 9.79. The van der Waals surface area contributed by atoms with E-state index in [-0.39, 0.29) is 30.1 Å². The summed E-state index contributed by atoms with van der Waals surface area (Å²) in [6.07, 6.45) is 6.30. The molecule has 0 radical (unpaired) electrons.